The standard InChI is InChI=1S/C19H32N2O5.C4H11N/c1-4-8-14(19(25)26-5-2)20-12(3)17(22)21-15-10-7-6-9-13(15)11-16(21)18(23)24;1-4(2,3)5/h12-16,20H,4-11H2,1-3H3,(H,23,24);5H2,1-3H3/t12-,13+,14-,15+,16+;/m0./s1. The third-order valence-electron chi connectivity index (χ3n) is 5.60. The van der Waals surface area contributed by atoms with Gasteiger partial charge in [0, 0.05) is 11.6 Å². The zero-order valence-corrected chi connectivity index (χ0v) is 20.1. The lowest BCUT2D eigenvalue weighted by Gasteiger charge is -2.35. The molecule has 8 heteroatoms. The van der Waals surface area contributed by atoms with Crippen LogP contribution in [0, 0.1) is 5.92 Å². The Balaban J connectivity index is 0.000000861. The number of nitrogens with zero attached hydrogens (tertiary/aromatic N) is 1. The van der Waals surface area contributed by atoms with Gasteiger partial charge in [0.1, 0.15) is 12.1 Å². The first kappa shape index (κ1) is 27.4. The molecule has 1 heterocycles. The minimum atomic E-state index is -0.935. The number of fused-ring (bicyclic) bond motifs is 1. The summed E-state index contributed by atoms with van der Waals surface area (Å²) < 4.78 is 5.09. The molecule has 180 valence electrons. The fourth-order valence-electron chi connectivity index (χ4n) is 4.39. The van der Waals surface area contributed by atoms with Crippen LogP contribution in [-0.2, 0) is 19.1 Å². The van der Waals surface area contributed by atoms with Crippen LogP contribution < -0.4 is 11.1 Å². The molecule has 5 atom stereocenters. The smallest absolute Gasteiger partial charge is 0.326 e. The average molecular weight is 442 g/mol. The molecule has 2 fully saturated rings. The summed E-state index contributed by atoms with van der Waals surface area (Å²) in [4.78, 5) is 38.5. The summed E-state index contributed by atoms with van der Waals surface area (Å²) in [6, 6.07) is -1.92. The number of rotatable bonds is 8. The lowest BCUT2D eigenvalue weighted by Crippen LogP contribution is -2.55. The average Bonchev–Trinajstić information content (AvgIpc) is 3.05. The van der Waals surface area contributed by atoms with Crippen molar-refractivity contribution in [3.05, 3.63) is 0 Å². The van der Waals surface area contributed by atoms with Gasteiger partial charge in [-0.05, 0) is 66.2 Å². The van der Waals surface area contributed by atoms with E-state index in [2.05, 4.69) is 5.32 Å². The number of likely N-dealkylation sites (tertiary alicyclic amines) is 1. The van der Waals surface area contributed by atoms with Crippen LogP contribution in [-0.4, -0.2) is 64.2 Å². The number of carbonyl (C=O) groups excluding carboxylic acids is 2. The number of ether oxygens (including phenoxy) is 1. The zero-order valence-electron chi connectivity index (χ0n) is 20.1. The highest BCUT2D eigenvalue weighted by atomic mass is 16.5. The van der Waals surface area contributed by atoms with Gasteiger partial charge in [0.25, 0.3) is 0 Å². The van der Waals surface area contributed by atoms with Crippen LogP contribution in [0.1, 0.15) is 86.5 Å². The highest BCUT2D eigenvalue weighted by molar-refractivity contribution is 5.88. The van der Waals surface area contributed by atoms with Crippen molar-refractivity contribution >= 4 is 17.8 Å². The number of aliphatic carboxylic acids is 1. The van der Waals surface area contributed by atoms with E-state index in [9.17, 15) is 19.5 Å². The van der Waals surface area contributed by atoms with Crippen molar-refractivity contribution in [1.29, 1.82) is 0 Å². The van der Waals surface area contributed by atoms with Crippen molar-refractivity contribution in [3.63, 3.8) is 0 Å². The van der Waals surface area contributed by atoms with E-state index < -0.39 is 24.1 Å². The molecule has 0 unspecified atom stereocenters. The molecule has 0 aromatic heterocycles. The van der Waals surface area contributed by atoms with Crippen molar-refractivity contribution in [2.75, 3.05) is 6.61 Å². The molecular weight excluding hydrogens is 398 g/mol. The number of nitrogens with two attached hydrogens (primary N) is 1. The summed E-state index contributed by atoms with van der Waals surface area (Å²) in [5, 5.41) is 12.7. The molecule has 2 rings (SSSR count). The number of hydrogen-bond acceptors (Lipinski definition) is 6. The van der Waals surface area contributed by atoms with Crippen LogP contribution in [0.15, 0.2) is 0 Å². The Hall–Kier alpha value is -1.67. The molecule has 0 aromatic rings. The third kappa shape index (κ3) is 8.77. The predicted octanol–water partition coefficient (Wildman–Crippen LogP) is 2.68. The molecule has 1 amide bonds. The molecule has 0 aromatic carbocycles. The topological polar surface area (TPSA) is 122 Å². The minimum absolute atomic E-state index is 0. The SMILES string of the molecule is CC(C)(C)N.CCC[C@H](N[C@@H](C)C(=O)N1[C@@H](C(=O)O)C[C@H]2CCCC[C@H]21)C(=O)OCC. The van der Waals surface area contributed by atoms with E-state index >= 15 is 0 Å². The van der Waals surface area contributed by atoms with Crippen molar-refractivity contribution < 1.29 is 24.2 Å². The number of carbonyl (C=O) groups is 3. The van der Waals surface area contributed by atoms with E-state index in [4.69, 9.17) is 10.5 Å². The maximum Gasteiger partial charge on any atom is 0.326 e. The highest BCUT2D eigenvalue weighted by Crippen LogP contribution is 2.40. The van der Waals surface area contributed by atoms with E-state index in [1.807, 2.05) is 27.7 Å². The molecular formula is C23H43N3O5. The first-order valence-corrected chi connectivity index (χ1v) is 11.7. The molecule has 0 radical (unpaired) electrons. The van der Waals surface area contributed by atoms with E-state index in [1.54, 1.807) is 18.7 Å². The second-order valence-corrected chi connectivity index (χ2v) is 9.79. The molecule has 1 aliphatic heterocycles. The molecule has 2 aliphatic rings. The second kappa shape index (κ2) is 12.4. The van der Waals surface area contributed by atoms with E-state index in [1.165, 1.54) is 0 Å². The first-order valence-electron chi connectivity index (χ1n) is 11.7. The normalized spacial score (nSPS) is 25.0. The summed E-state index contributed by atoms with van der Waals surface area (Å²) in [5.74, 6) is -1.24. The molecule has 1 aliphatic carbocycles. The van der Waals surface area contributed by atoms with Gasteiger partial charge in [0.2, 0.25) is 5.91 Å². The van der Waals surface area contributed by atoms with Gasteiger partial charge in [-0.1, -0.05) is 26.2 Å². The lowest BCUT2D eigenvalue weighted by atomic mass is 9.84. The van der Waals surface area contributed by atoms with Gasteiger partial charge in [0.15, 0.2) is 0 Å². The van der Waals surface area contributed by atoms with Gasteiger partial charge < -0.3 is 20.5 Å². The van der Waals surface area contributed by atoms with E-state index in [-0.39, 0.29) is 29.4 Å². The van der Waals surface area contributed by atoms with Gasteiger partial charge in [-0.25, -0.2) is 4.79 Å². The molecule has 8 nitrogen and oxygen atoms in total. The van der Waals surface area contributed by atoms with Crippen molar-refractivity contribution in [3.8, 4) is 0 Å². The van der Waals surface area contributed by atoms with Crippen LogP contribution in [0.25, 0.3) is 0 Å². The number of hydrogen-bond donors (Lipinski definition) is 3. The number of esters is 1. The van der Waals surface area contributed by atoms with Crippen molar-refractivity contribution in [2.45, 2.75) is 116 Å². The summed E-state index contributed by atoms with van der Waals surface area (Å²) in [6.07, 6.45) is 5.87. The third-order valence-corrected chi connectivity index (χ3v) is 5.60. The fourth-order valence-corrected chi connectivity index (χ4v) is 4.39. The van der Waals surface area contributed by atoms with Crippen LogP contribution in [0.3, 0.4) is 0 Å². The Labute approximate surface area is 187 Å². The Morgan fingerprint density at radius 1 is 1.19 bits per heavy atom. The molecule has 0 spiro atoms. The summed E-state index contributed by atoms with van der Waals surface area (Å²) >= 11 is 0. The molecule has 31 heavy (non-hydrogen) atoms. The number of carboxylic acid groups (broad SMARTS) is 1. The van der Waals surface area contributed by atoms with Crippen LogP contribution in [0.5, 0.6) is 0 Å². The Kier molecular flexibility index (Phi) is 10.9. The fraction of sp³-hybridized carbons (Fsp3) is 0.870. The molecule has 1 saturated heterocycles. The Morgan fingerprint density at radius 3 is 2.29 bits per heavy atom. The van der Waals surface area contributed by atoms with Gasteiger partial charge in [0.05, 0.1) is 12.6 Å². The Morgan fingerprint density at radius 2 is 1.77 bits per heavy atom. The Bertz CT molecular complexity index is 599. The summed E-state index contributed by atoms with van der Waals surface area (Å²) in [5.41, 5.74) is 5.35. The predicted molar refractivity (Wildman–Crippen MR) is 120 cm³/mol. The number of nitrogens with one attached hydrogen (secondary N) is 1. The minimum Gasteiger partial charge on any atom is -0.480 e. The summed E-state index contributed by atoms with van der Waals surface area (Å²) in [7, 11) is 0. The lowest BCUT2D eigenvalue weighted by molar-refractivity contribution is -0.152. The van der Waals surface area contributed by atoms with Crippen molar-refractivity contribution in [2.24, 2.45) is 11.7 Å². The number of carboxylic acids is 1. The van der Waals surface area contributed by atoms with Crippen LogP contribution >= 0.6 is 0 Å². The van der Waals surface area contributed by atoms with Gasteiger partial charge in [-0.15, -0.1) is 0 Å². The van der Waals surface area contributed by atoms with E-state index in [0.29, 0.717) is 19.4 Å². The monoisotopic (exact) mass is 441 g/mol. The molecule has 4 N–H and O–H groups in total. The van der Waals surface area contributed by atoms with Gasteiger partial charge in [-0.3, -0.25) is 14.9 Å². The maximum absolute atomic E-state index is 13.1. The maximum atomic E-state index is 13.1. The highest BCUT2D eigenvalue weighted by Gasteiger charge is 2.48. The van der Waals surface area contributed by atoms with Crippen LogP contribution in [0.4, 0.5) is 0 Å². The summed E-state index contributed by atoms with van der Waals surface area (Å²) in [6.45, 7) is 11.6. The van der Waals surface area contributed by atoms with E-state index in [0.717, 1.165) is 32.1 Å². The van der Waals surface area contributed by atoms with Crippen molar-refractivity contribution in [1.82, 2.24) is 10.2 Å². The molecule has 1 saturated carbocycles. The second-order valence-electron chi connectivity index (χ2n) is 9.79. The quantitative estimate of drug-likeness (QED) is 0.495. The van der Waals surface area contributed by atoms with Gasteiger partial charge in [-0.2, -0.15) is 0 Å². The largest absolute Gasteiger partial charge is 0.480 e. The zero-order chi connectivity index (χ0) is 23.8. The first-order chi connectivity index (χ1) is 14.4. The van der Waals surface area contributed by atoms with Gasteiger partial charge >= 0.3 is 11.9 Å². The van der Waals surface area contributed by atoms with Crippen LogP contribution in [0.2, 0.25) is 0 Å². The number of amides is 1. The molecule has 0 bridgehead atoms.